The molecular weight excluding hydrogens is 236 g/mol. The lowest BCUT2D eigenvalue weighted by Crippen LogP contribution is -2.28. The van der Waals surface area contributed by atoms with Crippen LogP contribution in [0.4, 0.5) is 0 Å². The predicted octanol–water partition coefficient (Wildman–Crippen LogP) is 2.85. The summed E-state index contributed by atoms with van der Waals surface area (Å²) in [5, 5.41) is 0. The number of alkyl halides is 1. The smallest absolute Gasteiger partial charge is 0.127 e. The van der Waals surface area contributed by atoms with E-state index in [2.05, 4.69) is 23.7 Å². The minimum atomic E-state index is 0.438. The Bertz CT molecular complexity index is 340. The van der Waals surface area contributed by atoms with Crippen LogP contribution in [0.15, 0.2) is 12.3 Å². The van der Waals surface area contributed by atoms with E-state index in [1.54, 1.807) is 6.20 Å². The number of halogens is 1. The number of hydrogen-bond acceptors (Lipinski definition) is 3. The summed E-state index contributed by atoms with van der Waals surface area (Å²) >= 11 is 5.85. The number of nitrogens with zero attached hydrogens (tertiary/aromatic N) is 2. The van der Waals surface area contributed by atoms with Crippen molar-refractivity contribution >= 4 is 11.6 Å². The van der Waals surface area contributed by atoms with Crippen molar-refractivity contribution < 1.29 is 4.74 Å². The summed E-state index contributed by atoms with van der Waals surface area (Å²) in [6, 6.07) is 1.94. The molecule has 0 spiro atoms. The monoisotopic (exact) mass is 256 g/mol. The molecule has 4 heteroatoms. The summed E-state index contributed by atoms with van der Waals surface area (Å²) < 4.78 is 5.78. The Hall–Kier alpha value is -0.800. The molecule has 96 valence electrons. The van der Waals surface area contributed by atoms with Crippen LogP contribution < -0.4 is 4.74 Å². The van der Waals surface area contributed by atoms with Crippen LogP contribution in [0, 0.1) is 6.92 Å². The lowest BCUT2D eigenvalue weighted by Gasteiger charge is -2.18. The lowest BCUT2D eigenvalue weighted by molar-refractivity contribution is 0.221. The molecule has 0 N–H and O–H groups in total. The van der Waals surface area contributed by atoms with E-state index in [9.17, 15) is 0 Å². The highest BCUT2D eigenvalue weighted by Gasteiger charge is 2.05. The molecule has 17 heavy (non-hydrogen) atoms. The standard InChI is InChI=1S/C13H21ClN2O/c1-4-16(5-2)6-7-17-13-8-11(3)15-10-12(13)9-14/h8,10H,4-7,9H2,1-3H3. The van der Waals surface area contributed by atoms with Gasteiger partial charge in [-0.05, 0) is 20.0 Å². The second-order valence-electron chi connectivity index (χ2n) is 3.94. The Morgan fingerprint density at radius 1 is 1.35 bits per heavy atom. The van der Waals surface area contributed by atoms with Crippen LogP contribution in [0.5, 0.6) is 5.75 Å². The molecule has 0 aromatic carbocycles. The fraction of sp³-hybridized carbons (Fsp3) is 0.615. The van der Waals surface area contributed by atoms with Crippen molar-refractivity contribution in [1.82, 2.24) is 9.88 Å². The van der Waals surface area contributed by atoms with Gasteiger partial charge in [-0.2, -0.15) is 0 Å². The molecule has 0 unspecified atom stereocenters. The summed E-state index contributed by atoms with van der Waals surface area (Å²) in [6.45, 7) is 10.0. The minimum Gasteiger partial charge on any atom is -0.492 e. The number of aryl methyl sites for hydroxylation is 1. The molecule has 0 atom stereocenters. The Labute approximate surface area is 109 Å². The molecule has 0 bridgehead atoms. The summed E-state index contributed by atoms with van der Waals surface area (Å²) in [4.78, 5) is 6.54. The number of likely N-dealkylation sites (N-methyl/N-ethyl adjacent to an activating group) is 1. The van der Waals surface area contributed by atoms with E-state index in [0.29, 0.717) is 12.5 Å². The van der Waals surface area contributed by atoms with Crippen LogP contribution >= 0.6 is 11.6 Å². The molecular formula is C13H21ClN2O. The molecule has 0 aliphatic carbocycles. The van der Waals surface area contributed by atoms with E-state index in [1.807, 2.05) is 13.0 Å². The molecule has 1 heterocycles. The molecule has 0 amide bonds. The Morgan fingerprint density at radius 2 is 2.06 bits per heavy atom. The van der Waals surface area contributed by atoms with Crippen molar-refractivity contribution in [2.45, 2.75) is 26.7 Å². The maximum Gasteiger partial charge on any atom is 0.127 e. The van der Waals surface area contributed by atoms with Gasteiger partial charge in [0.15, 0.2) is 0 Å². The van der Waals surface area contributed by atoms with Crippen LogP contribution in [-0.4, -0.2) is 36.1 Å². The van der Waals surface area contributed by atoms with Gasteiger partial charge in [0.25, 0.3) is 0 Å². The molecule has 0 aliphatic heterocycles. The van der Waals surface area contributed by atoms with Gasteiger partial charge in [0, 0.05) is 30.1 Å². The van der Waals surface area contributed by atoms with Crippen molar-refractivity contribution in [2.75, 3.05) is 26.2 Å². The fourth-order valence-corrected chi connectivity index (χ4v) is 1.82. The third-order valence-corrected chi connectivity index (χ3v) is 3.07. The maximum absolute atomic E-state index is 5.85. The lowest BCUT2D eigenvalue weighted by atomic mass is 10.2. The highest BCUT2D eigenvalue weighted by Crippen LogP contribution is 2.20. The Kier molecular flexibility index (Phi) is 6.30. The van der Waals surface area contributed by atoms with E-state index in [4.69, 9.17) is 16.3 Å². The number of ether oxygens (including phenoxy) is 1. The second kappa shape index (κ2) is 7.51. The molecule has 3 nitrogen and oxygen atoms in total. The van der Waals surface area contributed by atoms with Crippen LogP contribution in [-0.2, 0) is 5.88 Å². The highest BCUT2D eigenvalue weighted by molar-refractivity contribution is 6.17. The summed E-state index contributed by atoms with van der Waals surface area (Å²) in [5.74, 6) is 1.30. The van der Waals surface area contributed by atoms with E-state index >= 15 is 0 Å². The summed E-state index contributed by atoms with van der Waals surface area (Å²) in [5.41, 5.74) is 1.91. The molecule has 0 aliphatic rings. The third kappa shape index (κ3) is 4.52. The van der Waals surface area contributed by atoms with Crippen molar-refractivity contribution in [3.05, 3.63) is 23.5 Å². The molecule has 1 aromatic rings. The zero-order chi connectivity index (χ0) is 12.7. The maximum atomic E-state index is 5.85. The predicted molar refractivity (Wildman–Crippen MR) is 71.8 cm³/mol. The van der Waals surface area contributed by atoms with E-state index in [-0.39, 0.29) is 0 Å². The minimum absolute atomic E-state index is 0.438. The average molecular weight is 257 g/mol. The van der Waals surface area contributed by atoms with Crippen LogP contribution in [0.2, 0.25) is 0 Å². The van der Waals surface area contributed by atoms with Crippen LogP contribution in [0.1, 0.15) is 25.1 Å². The first-order valence-corrected chi connectivity index (χ1v) is 6.61. The number of hydrogen-bond donors (Lipinski definition) is 0. The first kappa shape index (κ1) is 14.3. The van der Waals surface area contributed by atoms with Gasteiger partial charge in [0.2, 0.25) is 0 Å². The van der Waals surface area contributed by atoms with Crippen molar-refractivity contribution in [3.8, 4) is 5.75 Å². The third-order valence-electron chi connectivity index (χ3n) is 2.78. The first-order valence-electron chi connectivity index (χ1n) is 6.07. The first-order chi connectivity index (χ1) is 8.21. The van der Waals surface area contributed by atoms with Gasteiger partial charge in [0.1, 0.15) is 12.4 Å². The normalized spacial score (nSPS) is 10.9. The van der Waals surface area contributed by atoms with Gasteiger partial charge in [-0.3, -0.25) is 4.98 Å². The SMILES string of the molecule is CCN(CC)CCOc1cc(C)ncc1CCl. The van der Waals surface area contributed by atoms with Gasteiger partial charge in [-0.25, -0.2) is 0 Å². The number of rotatable bonds is 7. The van der Waals surface area contributed by atoms with Gasteiger partial charge in [-0.15, -0.1) is 11.6 Å². The number of aromatic nitrogens is 1. The Balaban J connectivity index is 2.53. The second-order valence-corrected chi connectivity index (χ2v) is 4.21. The molecule has 1 aromatic heterocycles. The Morgan fingerprint density at radius 3 is 2.65 bits per heavy atom. The molecule has 0 saturated heterocycles. The van der Waals surface area contributed by atoms with Gasteiger partial charge < -0.3 is 9.64 Å². The largest absolute Gasteiger partial charge is 0.492 e. The van der Waals surface area contributed by atoms with Crippen LogP contribution in [0.3, 0.4) is 0 Å². The van der Waals surface area contributed by atoms with Crippen molar-refractivity contribution in [1.29, 1.82) is 0 Å². The molecule has 0 saturated carbocycles. The van der Waals surface area contributed by atoms with Gasteiger partial charge in [0.05, 0.1) is 5.88 Å². The van der Waals surface area contributed by atoms with E-state index < -0.39 is 0 Å². The zero-order valence-corrected chi connectivity index (χ0v) is 11.6. The average Bonchev–Trinajstić information content (AvgIpc) is 2.35. The van der Waals surface area contributed by atoms with Crippen molar-refractivity contribution in [2.24, 2.45) is 0 Å². The fourth-order valence-electron chi connectivity index (χ4n) is 1.62. The number of pyridine rings is 1. The van der Waals surface area contributed by atoms with Gasteiger partial charge >= 0.3 is 0 Å². The van der Waals surface area contributed by atoms with Crippen molar-refractivity contribution in [3.63, 3.8) is 0 Å². The zero-order valence-electron chi connectivity index (χ0n) is 10.9. The highest BCUT2D eigenvalue weighted by atomic mass is 35.5. The van der Waals surface area contributed by atoms with E-state index in [1.165, 1.54) is 0 Å². The van der Waals surface area contributed by atoms with Crippen LogP contribution in [0.25, 0.3) is 0 Å². The molecule has 1 rings (SSSR count). The molecule has 0 radical (unpaired) electrons. The quantitative estimate of drug-likeness (QED) is 0.702. The molecule has 0 fully saturated rings. The van der Waals surface area contributed by atoms with E-state index in [0.717, 1.165) is 36.6 Å². The van der Waals surface area contributed by atoms with Gasteiger partial charge in [-0.1, -0.05) is 13.8 Å². The topological polar surface area (TPSA) is 25.4 Å². The summed E-state index contributed by atoms with van der Waals surface area (Å²) in [7, 11) is 0. The summed E-state index contributed by atoms with van der Waals surface area (Å²) in [6.07, 6.45) is 1.79.